The number of halogens is 3. The van der Waals surface area contributed by atoms with Crippen LogP contribution in [0.5, 0.6) is 0 Å². The summed E-state index contributed by atoms with van der Waals surface area (Å²) in [7, 11) is 0. The van der Waals surface area contributed by atoms with E-state index in [-0.39, 0.29) is 24.3 Å². The zero-order valence-corrected chi connectivity index (χ0v) is 12.3. The number of carbonyl (C=O) groups is 1. The molecule has 1 rings (SSSR count). The lowest BCUT2D eigenvalue weighted by molar-refractivity contribution is -0.166. The third kappa shape index (κ3) is 5.69. The fourth-order valence-corrected chi connectivity index (χ4v) is 2.81. The summed E-state index contributed by atoms with van der Waals surface area (Å²) in [5, 5.41) is 3.19. The molecule has 1 amide bonds. The molecule has 0 radical (unpaired) electrons. The van der Waals surface area contributed by atoms with Crippen LogP contribution in [0, 0.1) is 5.92 Å². The molecule has 0 bridgehead atoms. The molecule has 0 aliphatic carbocycles. The van der Waals surface area contributed by atoms with Gasteiger partial charge in [-0.15, -0.1) is 0 Å². The zero-order valence-electron chi connectivity index (χ0n) is 12.3. The molecule has 0 spiro atoms. The molecule has 0 aromatic rings. The lowest BCUT2D eigenvalue weighted by Gasteiger charge is -2.33. The summed E-state index contributed by atoms with van der Waals surface area (Å²) in [6, 6.07) is -0.319. The Bertz CT molecular complexity index is 297. The maximum absolute atomic E-state index is 12.7. The Labute approximate surface area is 118 Å². The molecule has 1 aliphatic rings. The van der Waals surface area contributed by atoms with E-state index in [0.717, 1.165) is 30.8 Å². The van der Waals surface area contributed by atoms with Gasteiger partial charge in [0.15, 0.2) is 0 Å². The molecule has 1 atom stereocenters. The first kappa shape index (κ1) is 17.3. The standard InChI is InChI=1S/C14H25F3N2O/c1-3-12(4-2)19(10-14(15,16)17)13(20)8-11-6-5-7-18-9-11/h11-12,18H,3-10H2,1-2H3. The van der Waals surface area contributed by atoms with Gasteiger partial charge in [0, 0.05) is 12.5 Å². The van der Waals surface area contributed by atoms with E-state index >= 15 is 0 Å². The number of amides is 1. The van der Waals surface area contributed by atoms with Crippen molar-refractivity contribution in [1.82, 2.24) is 10.2 Å². The van der Waals surface area contributed by atoms with E-state index in [2.05, 4.69) is 5.32 Å². The molecule has 1 fully saturated rings. The van der Waals surface area contributed by atoms with E-state index in [1.807, 2.05) is 13.8 Å². The molecule has 20 heavy (non-hydrogen) atoms. The maximum atomic E-state index is 12.7. The van der Waals surface area contributed by atoms with Crippen LogP contribution in [0.15, 0.2) is 0 Å². The number of hydrogen-bond acceptors (Lipinski definition) is 2. The van der Waals surface area contributed by atoms with Gasteiger partial charge in [-0.1, -0.05) is 13.8 Å². The summed E-state index contributed by atoms with van der Waals surface area (Å²) >= 11 is 0. The highest BCUT2D eigenvalue weighted by Gasteiger charge is 2.36. The van der Waals surface area contributed by atoms with E-state index in [4.69, 9.17) is 0 Å². The van der Waals surface area contributed by atoms with E-state index in [1.54, 1.807) is 0 Å². The van der Waals surface area contributed by atoms with Gasteiger partial charge in [-0.3, -0.25) is 4.79 Å². The third-order valence-corrected chi connectivity index (χ3v) is 3.92. The molecule has 0 aromatic heterocycles. The Hall–Kier alpha value is -0.780. The summed E-state index contributed by atoms with van der Waals surface area (Å²) in [6.07, 6.45) is -1.09. The summed E-state index contributed by atoms with van der Waals surface area (Å²) in [6.45, 7) is 4.19. The van der Waals surface area contributed by atoms with Crippen molar-refractivity contribution in [1.29, 1.82) is 0 Å². The van der Waals surface area contributed by atoms with Crippen LogP contribution < -0.4 is 5.32 Å². The molecule has 1 unspecified atom stereocenters. The second-order valence-corrected chi connectivity index (χ2v) is 5.52. The number of piperidine rings is 1. The molecule has 1 saturated heterocycles. The van der Waals surface area contributed by atoms with Crippen molar-refractivity contribution in [2.45, 2.75) is 58.2 Å². The minimum atomic E-state index is -4.33. The van der Waals surface area contributed by atoms with E-state index in [0.29, 0.717) is 12.8 Å². The Balaban J connectivity index is 2.67. The van der Waals surface area contributed by atoms with Crippen LogP contribution in [-0.2, 0) is 4.79 Å². The van der Waals surface area contributed by atoms with Gasteiger partial charge >= 0.3 is 6.18 Å². The van der Waals surface area contributed by atoms with Crippen molar-refractivity contribution in [2.75, 3.05) is 19.6 Å². The monoisotopic (exact) mass is 294 g/mol. The molecule has 6 heteroatoms. The largest absolute Gasteiger partial charge is 0.406 e. The highest BCUT2D eigenvalue weighted by atomic mass is 19.4. The third-order valence-electron chi connectivity index (χ3n) is 3.92. The average molecular weight is 294 g/mol. The SMILES string of the molecule is CCC(CC)N(CC(F)(F)F)C(=O)CC1CCCNC1. The van der Waals surface area contributed by atoms with Gasteiger partial charge in [-0.2, -0.15) is 13.2 Å². The molecular formula is C14H25F3N2O. The molecule has 3 nitrogen and oxygen atoms in total. The van der Waals surface area contributed by atoms with Gasteiger partial charge in [0.1, 0.15) is 6.54 Å². The number of nitrogens with one attached hydrogen (secondary N) is 1. The van der Waals surface area contributed by atoms with Crippen LogP contribution in [-0.4, -0.2) is 42.7 Å². The Morgan fingerprint density at radius 3 is 2.45 bits per heavy atom. The first-order valence-electron chi connectivity index (χ1n) is 7.44. The van der Waals surface area contributed by atoms with Gasteiger partial charge in [0.2, 0.25) is 5.91 Å². The first-order chi connectivity index (χ1) is 9.37. The van der Waals surface area contributed by atoms with Crippen molar-refractivity contribution >= 4 is 5.91 Å². The van der Waals surface area contributed by atoms with Crippen molar-refractivity contribution in [2.24, 2.45) is 5.92 Å². The van der Waals surface area contributed by atoms with E-state index in [1.165, 1.54) is 0 Å². The van der Waals surface area contributed by atoms with Crippen molar-refractivity contribution in [3.63, 3.8) is 0 Å². The van der Waals surface area contributed by atoms with Crippen LogP contribution in [0.25, 0.3) is 0 Å². The normalized spacial score (nSPS) is 20.2. The molecule has 1 heterocycles. The summed E-state index contributed by atoms with van der Waals surface area (Å²) in [5.41, 5.74) is 0. The van der Waals surface area contributed by atoms with E-state index in [9.17, 15) is 18.0 Å². The van der Waals surface area contributed by atoms with Crippen molar-refractivity contribution in [3.05, 3.63) is 0 Å². The summed E-state index contributed by atoms with van der Waals surface area (Å²) in [4.78, 5) is 13.3. The topological polar surface area (TPSA) is 32.3 Å². The van der Waals surface area contributed by atoms with Crippen LogP contribution in [0.1, 0.15) is 46.0 Å². The van der Waals surface area contributed by atoms with Gasteiger partial charge in [0.05, 0.1) is 0 Å². The Morgan fingerprint density at radius 1 is 1.35 bits per heavy atom. The molecule has 1 N–H and O–H groups in total. The quantitative estimate of drug-likeness (QED) is 0.817. The summed E-state index contributed by atoms with van der Waals surface area (Å²) < 4.78 is 38.0. The number of alkyl halides is 3. The van der Waals surface area contributed by atoms with Crippen LogP contribution >= 0.6 is 0 Å². The predicted molar refractivity (Wildman–Crippen MR) is 72.3 cm³/mol. The highest BCUT2D eigenvalue weighted by molar-refractivity contribution is 5.77. The van der Waals surface area contributed by atoms with Crippen molar-refractivity contribution in [3.8, 4) is 0 Å². The lowest BCUT2D eigenvalue weighted by Crippen LogP contribution is -2.46. The van der Waals surface area contributed by atoms with E-state index < -0.39 is 12.7 Å². The van der Waals surface area contributed by atoms with Crippen LogP contribution in [0.4, 0.5) is 13.2 Å². The molecule has 118 valence electrons. The first-order valence-corrected chi connectivity index (χ1v) is 7.44. The van der Waals surface area contributed by atoms with Crippen LogP contribution in [0.3, 0.4) is 0 Å². The number of rotatable bonds is 6. The van der Waals surface area contributed by atoms with Crippen molar-refractivity contribution < 1.29 is 18.0 Å². The average Bonchev–Trinajstić information content (AvgIpc) is 2.38. The second kappa shape index (κ2) is 7.86. The molecule has 0 saturated carbocycles. The van der Waals surface area contributed by atoms with Gasteiger partial charge in [0.25, 0.3) is 0 Å². The molecule has 1 aliphatic heterocycles. The molecule has 0 aromatic carbocycles. The fraction of sp³-hybridized carbons (Fsp3) is 0.929. The predicted octanol–water partition coefficient (Wildman–Crippen LogP) is 2.96. The zero-order chi connectivity index (χ0) is 15.2. The number of nitrogens with zero attached hydrogens (tertiary/aromatic N) is 1. The number of hydrogen-bond donors (Lipinski definition) is 1. The van der Waals surface area contributed by atoms with Gasteiger partial charge in [-0.25, -0.2) is 0 Å². The maximum Gasteiger partial charge on any atom is 0.406 e. The lowest BCUT2D eigenvalue weighted by atomic mass is 9.95. The second-order valence-electron chi connectivity index (χ2n) is 5.52. The Morgan fingerprint density at radius 2 is 2.00 bits per heavy atom. The fourth-order valence-electron chi connectivity index (χ4n) is 2.81. The highest BCUT2D eigenvalue weighted by Crippen LogP contribution is 2.23. The number of carbonyl (C=O) groups excluding carboxylic acids is 1. The smallest absolute Gasteiger partial charge is 0.331 e. The van der Waals surface area contributed by atoms with Gasteiger partial charge < -0.3 is 10.2 Å². The van der Waals surface area contributed by atoms with Gasteiger partial charge in [-0.05, 0) is 44.7 Å². The minimum Gasteiger partial charge on any atom is -0.331 e. The Kier molecular flexibility index (Phi) is 6.79. The molecular weight excluding hydrogens is 269 g/mol. The van der Waals surface area contributed by atoms with Crippen LogP contribution in [0.2, 0.25) is 0 Å². The summed E-state index contributed by atoms with van der Waals surface area (Å²) in [5.74, 6) is -0.189. The minimum absolute atomic E-state index is 0.168.